The second-order valence-electron chi connectivity index (χ2n) is 3.28. The van der Waals surface area contributed by atoms with Gasteiger partial charge in [-0.25, -0.2) is 13.2 Å². The van der Waals surface area contributed by atoms with E-state index in [4.69, 9.17) is 0 Å². The predicted molar refractivity (Wildman–Crippen MR) is 55.7 cm³/mol. The maximum Gasteiger partial charge on any atom is 0.278 e. The average molecular weight is 277 g/mol. The van der Waals surface area contributed by atoms with Gasteiger partial charge in [0.05, 0.1) is 11.9 Å². The van der Waals surface area contributed by atoms with Crippen molar-refractivity contribution in [1.82, 2.24) is 10.2 Å². The van der Waals surface area contributed by atoms with Crippen molar-refractivity contribution in [2.45, 2.75) is 5.03 Å². The normalized spacial score (nSPS) is 11.5. The van der Waals surface area contributed by atoms with Gasteiger partial charge in [-0.3, -0.25) is 9.82 Å². The zero-order valence-corrected chi connectivity index (χ0v) is 9.43. The number of rotatable bonds is 3. The molecule has 5 nitrogen and oxygen atoms in total. The Morgan fingerprint density at radius 2 is 1.94 bits per heavy atom. The van der Waals surface area contributed by atoms with Crippen molar-refractivity contribution in [3.63, 3.8) is 0 Å². The molecule has 9 heteroatoms. The molecule has 1 heterocycles. The van der Waals surface area contributed by atoms with Gasteiger partial charge in [-0.1, -0.05) is 0 Å². The van der Waals surface area contributed by atoms with E-state index in [1.54, 1.807) is 4.72 Å². The van der Waals surface area contributed by atoms with Crippen LogP contribution < -0.4 is 4.72 Å². The van der Waals surface area contributed by atoms with Crippen LogP contribution in [0.5, 0.6) is 0 Å². The first-order chi connectivity index (χ1) is 8.40. The molecule has 1 aromatic carbocycles. The lowest BCUT2D eigenvalue weighted by Gasteiger charge is -2.07. The summed E-state index contributed by atoms with van der Waals surface area (Å²) in [5.74, 6) is -4.08. The van der Waals surface area contributed by atoms with Gasteiger partial charge in [-0.15, -0.1) is 0 Å². The molecule has 1 aromatic heterocycles. The molecule has 0 amide bonds. The Labute approximate surface area is 99.7 Å². The number of nitrogens with one attached hydrogen (secondary N) is 2. The first-order valence-corrected chi connectivity index (χ1v) is 6.05. The summed E-state index contributed by atoms with van der Waals surface area (Å²) in [7, 11) is -4.17. The molecule has 0 aliphatic heterocycles. The molecule has 2 N–H and O–H groups in total. The molecule has 0 bridgehead atoms. The van der Waals surface area contributed by atoms with Crippen LogP contribution in [0.25, 0.3) is 0 Å². The number of halogens is 3. The molecule has 96 valence electrons. The van der Waals surface area contributed by atoms with Crippen molar-refractivity contribution in [2.75, 3.05) is 4.72 Å². The van der Waals surface area contributed by atoms with Crippen LogP contribution in [0.15, 0.2) is 29.4 Å². The minimum atomic E-state index is -4.17. The number of aromatic amines is 1. The Hall–Kier alpha value is -2.03. The van der Waals surface area contributed by atoms with E-state index in [1.165, 1.54) is 0 Å². The fraction of sp³-hybridized carbons (Fsp3) is 0. The van der Waals surface area contributed by atoms with Gasteiger partial charge >= 0.3 is 0 Å². The molecular formula is C9H6F3N3O2S. The Morgan fingerprint density at radius 1 is 1.22 bits per heavy atom. The van der Waals surface area contributed by atoms with Crippen LogP contribution in [0, 0.1) is 17.5 Å². The lowest BCUT2D eigenvalue weighted by atomic mass is 10.3. The summed E-state index contributed by atoms with van der Waals surface area (Å²) in [6, 6.07) is 1.95. The van der Waals surface area contributed by atoms with Crippen LogP contribution in [-0.4, -0.2) is 18.6 Å². The summed E-state index contributed by atoms with van der Waals surface area (Å²) < 4.78 is 64.0. The van der Waals surface area contributed by atoms with Gasteiger partial charge in [-0.2, -0.15) is 13.5 Å². The van der Waals surface area contributed by atoms with E-state index in [0.717, 1.165) is 12.3 Å². The van der Waals surface area contributed by atoms with E-state index >= 15 is 0 Å². The molecule has 2 rings (SSSR count). The molecule has 0 saturated carbocycles. The molecule has 0 aliphatic rings. The molecular weight excluding hydrogens is 271 g/mol. The highest BCUT2D eigenvalue weighted by atomic mass is 32.2. The molecule has 18 heavy (non-hydrogen) atoms. The largest absolute Gasteiger partial charge is 0.278 e. The van der Waals surface area contributed by atoms with E-state index in [0.29, 0.717) is 12.1 Å². The molecule has 0 radical (unpaired) electrons. The highest BCUT2D eigenvalue weighted by Gasteiger charge is 2.20. The number of aromatic nitrogens is 2. The molecule has 0 spiro atoms. The van der Waals surface area contributed by atoms with Crippen LogP contribution >= 0.6 is 0 Å². The predicted octanol–water partition coefficient (Wildman–Crippen LogP) is 1.63. The van der Waals surface area contributed by atoms with Crippen molar-refractivity contribution in [3.05, 3.63) is 41.8 Å². The average Bonchev–Trinajstić information content (AvgIpc) is 2.78. The summed E-state index contributed by atoms with van der Waals surface area (Å²) in [5.41, 5.74) is -0.817. The van der Waals surface area contributed by atoms with E-state index in [-0.39, 0.29) is 5.03 Å². The van der Waals surface area contributed by atoms with Gasteiger partial charge in [-0.05, 0) is 6.07 Å². The zero-order valence-electron chi connectivity index (χ0n) is 8.62. The number of benzene rings is 1. The third-order valence-electron chi connectivity index (χ3n) is 2.00. The van der Waals surface area contributed by atoms with Crippen molar-refractivity contribution in [2.24, 2.45) is 0 Å². The summed E-state index contributed by atoms with van der Waals surface area (Å²) >= 11 is 0. The Balaban J connectivity index is 2.41. The highest BCUT2D eigenvalue weighted by Crippen LogP contribution is 2.21. The fourth-order valence-electron chi connectivity index (χ4n) is 1.22. The number of nitrogens with zero attached hydrogens (tertiary/aromatic N) is 1. The van der Waals surface area contributed by atoms with Crippen molar-refractivity contribution in [3.8, 4) is 0 Å². The second-order valence-corrected chi connectivity index (χ2v) is 4.93. The summed E-state index contributed by atoms with van der Waals surface area (Å²) in [4.78, 5) is 0. The Kier molecular flexibility index (Phi) is 2.99. The van der Waals surface area contributed by atoms with Crippen LogP contribution in [0.3, 0.4) is 0 Å². The smallest absolute Gasteiger partial charge is 0.275 e. The fourth-order valence-corrected chi connectivity index (χ4v) is 2.18. The lowest BCUT2D eigenvalue weighted by Crippen LogP contribution is -2.15. The lowest BCUT2D eigenvalue weighted by molar-refractivity contribution is 0.498. The van der Waals surface area contributed by atoms with Gasteiger partial charge in [0.1, 0.15) is 5.82 Å². The number of H-pyrrole nitrogens is 1. The Morgan fingerprint density at radius 3 is 2.56 bits per heavy atom. The summed E-state index contributed by atoms with van der Waals surface area (Å²) in [6.45, 7) is 0. The van der Waals surface area contributed by atoms with E-state index in [9.17, 15) is 21.6 Å². The summed E-state index contributed by atoms with van der Waals surface area (Å²) in [5, 5.41) is 5.18. The van der Waals surface area contributed by atoms with Gasteiger partial charge in [0.2, 0.25) is 0 Å². The van der Waals surface area contributed by atoms with Crippen molar-refractivity contribution >= 4 is 15.7 Å². The first kappa shape index (κ1) is 12.4. The summed E-state index contributed by atoms with van der Waals surface area (Å²) in [6.07, 6.45) is 1.16. The molecule has 0 fully saturated rings. The zero-order chi connectivity index (χ0) is 13.3. The topological polar surface area (TPSA) is 74.8 Å². The number of hydrogen-bond donors (Lipinski definition) is 2. The molecule has 0 saturated heterocycles. The van der Waals surface area contributed by atoms with Crippen LogP contribution in [0.2, 0.25) is 0 Å². The number of anilines is 1. The van der Waals surface area contributed by atoms with Crippen molar-refractivity contribution in [1.29, 1.82) is 0 Å². The standard InChI is InChI=1S/C9H6F3N3O2S/c10-5-3-6(11)9(12)7(4-5)15-18(16,17)8-1-2-13-14-8/h1-4,15H,(H,13,14). The molecule has 2 aromatic rings. The maximum absolute atomic E-state index is 13.3. The van der Waals surface area contributed by atoms with Gasteiger partial charge < -0.3 is 0 Å². The maximum atomic E-state index is 13.3. The SMILES string of the molecule is O=S(=O)(Nc1cc(F)cc(F)c1F)c1ccn[nH]1. The third kappa shape index (κ3) is 2.30. The van der Waals surface area contributed by atoms with E-state index in [2.05, 4.69) is 10.2 Å². The quantitative estimate of drug-likeness (QED) is 0.837. The van der Waals surface area contributed by atoms with Crippen molar-refractivity contribution < 1.29 is 21.6 Å². The monoisotopic (exact) mass is 277 g/mol. The Bertz CT molecular complexity index is 671. The highest BCUT2D eigenvalue weighted by molar-refractivity contribution is 7.92. The number of sulfonamides is 1. The minimum absolute atomic E-state index is 0.309. The van der Waals surface area contributed by atoms with Gasteiger partial charge in [0, 0.05) is 12.1 Å². The molecule has 0 aliphatic carbocycles. The number of hydrogen-bond acceptors (Lipinski definition) is 3. The molecule has 0 unspecified atom stereocenters. The molecule has 0 atom stereocenters. The van der Waals surface area contributed by atoms with Gasteiger partial charge in [0.25, 0.3) is 10.0 Å². The van der Waals surface area contributed by atoms with Crippen LogP contribution in [0.1, 0.15) is 0 Å². The second kappa shape index (κ2) is 4.33. The minimum Gasteiger partial charge on any atom is -0.275 e. The van der Waals surface area contributed by atoms with E-state index < -0.39 is 33.2 Å². The van der Waals surface area contributed by atoms with Crippen LogP contribution in [0.4, 0.5) is 18.9 Å². The van der Waals surface area contributed by atoms with Crippen LogP contribution in [-0.2, 0) is 10.0 Å². The van der Waals surface area contributed by atoms with Gasteiger partial charge in [0.15, 0.2) is 16.7 Å². The third-order valence-corrected chi connectivity index (χ3v) is 3.30. The van der Waals surface area contributed by atoms with E-state index in [1.807, 2.05) is 0 Å². The first-order valence-electron chi connectivity index (χ1n) is 4.57.